The molecule has 6 heteroatoms. The fourth-order valence-corrected chi connectivity index (χ4v) is 2.91. The van der Waals surface area contributed by atoms with Gasteiger partial charge in [0, 0.05) is 18.0 Å². The molecule has 0 aliphatic rings. The van der Waals surface area contributed by atoms with Crippen molar-refractivity contribution in [1.29, 1.82) is 0 Å². The van der Waals surface area contributed by atoms with E-state index in [1.165, 1.54) is 12.1 Å². The van der Waals surface area contributed by atoms with Crippen LogP contribution in [0.1, 0.15) is 11.8 Å². The Morgan fingerprint density at radius 1 is 1.35 bits per heavy atom. The van der Waals surface area contributed by atoms with Crippen molar-refractivity contribution >= 4 is 11.3 Å². The summed E-state index contributed by atoms with van der Waals surface area (Å²) in [5.74, 6) is -0.302. The van der Waals surface area contributed by atoms with Gasteiger partial charge in [-0.05, 0) is 36.4 Å². The Labute approximate surface area is 120 Å². The van der Waals surface area contributed by atoms with Crippen LogP contribution in [0.5, 0.6) is 0 Å². The standard InChI is InChI=1S/C14H17FN2O2S/c1-2-17(7-8-18)9-12-13(16-14(19)20-12)10-3-5-11(15)6-4-10/h3-6,18H,2,7-9H2,1H3,(H,16,19). The molecule has 108 valence electrons. The quantitative estimate of drug-likeness (QED) is 0.858. The molecular formula is C14H17FN2O2S. The average Bonchev–Trinajstić information content (AvgIpc) is 2.80. The van der Waals surface area contributed by atoms with Crippen LogP contribution < -0.4 is 4.87 Å². The average molecular weight is 296 g/mol. The number of rotatable bonds is 6. The second-order valence-corrected chi connectivity index (χ2v) is 5.48. The van der Waals surface area contributed by atoms with Gasteiger partial charge >= 0.3 is 4.87 Å². The maximum atomic E-state index is 13.0. The molecule has 4 nitrogen and oxygen atoms in total. The van der Waals surface area contributed by atoms with E-state index in [0.29, 0.717) is 13.1 Å². The third-order valence-electron chi connectivity index (χ3n) is 3.09. The predicted octanol–water partition coefficient (Wildman–Crippen LogP) is 2.06. The fraction of sp³-hybridized carbons (Fsp3) is 0.357. The number of hydrogen-bond donors (Lipinski definition) is 2. The number of halogens is 1. The zero-order chi connectivity index (χ0) is 14.5. The molecular weight excluding hydrogens is 279 g/mol. The van der Waals surface area contributed by atoms with Gasteiger partial charge in [-0.3, -0.25) is 9.69 Å². The number of aliphatic hydroxyl groups is 1. The summed E-state index contributed by atoms with van der Waals surface area (Å²) in [5, 5.41) is 9.02. The molecule has 0 aliphatic carbocycles. The van der Waals surface area contributed by atoms with Crippen molar-refractivity contribution < 1.29 is 9.50 Å². The number of aromatic nitrogens is 1. The summed E-state index contributed by atoms with van der Waals surface area (Å²) in [6.45, 7) is 4.02. The summed E-state index contributed by atoms with van der Waals surface area (Å²) in [6.07, 6.45) is 0. The van der Waals surface area contributed by atoms with Crippen molar-refractivity contribution in [2.75, 3.05) is 19.7 Å². The number of benzene rings is 1. The number of likely N-dealkylation sites (N-methyl/N-ethyl adjacent to an activating group) is 1. The van der Waals surface area contributed by atoms with E-state index < -0.39 is 0 Å². The van der Waals surface area contributed by atoms with E-state index in [0.717, 1.165) is 34.0 Å². The topological polar surface area (TPSA) is 56.3 Å². The highest BCUT2D eigenvalue weighted by molar-refractivity contribution is 7.09. The zero-order valence-corrected chi connectivity index (χ0v) is 12.0. The highest BCUT2D eigenvalue weighted by Gasteiger charge is 2.13. The Balaban J connectivity index is 2.30. The molecule has 0 aliphatic heterocycles. The van der Waals surface area contributed by atoms with Crippen molar-refractivity contribution in [2.45, 2.75) is 13.5 Å². The summed E-state index contributed by atoms with van der Waals surface area (Å²) < 4.78 is 13.0. The van der Waals surface area contributed by atoms with E-state index >= 15 is 0 Å². The van der Waals surface area contributed by atoms with E-state index in [9.17, 15) is 9.18 Å². The minimum absolute atomic E-state index is 0.0824. The van der Waals surface area contributed by atoms with Crippen LogP contribution in [0.4, 0.5) is 4.39 Å². The molecule has 0 amide bonds. The maximum Gasteiger partial charge on any atom is 0.305 e. The number of H-pyrrole nitrogens is 1. The molecule has 2 N–H and O–H groups in total. The molecule has 0 saturated heterocycles. The molecule has 0 saturated carbocycles. The molecule has 0 atom stereocenters. The normalized spacial score (nSPS) is 11.2. The summed E-state index contributed by atoms with van der Waals surface area (Å²) in [5.41, 5.74) is 1.52. The lowest BCUT2D eigenvalue weighted by molar-refractivity contribution is 0.198. The van der Waals surface area contributed by atoms with Gasteiger partial charge in [-0.15, -0.1) is 0 Å². The molecule has 0 radical (unpaired) electrons. The van der Waals surface area contributed by atoms with Crippen LogP contribution in [0.25, 0.3) is 11.3 Å². The summed E-state index contributed by atoms with van der Waals surface area (Å²) in [6, 6.07) is 6.05. The molecule has 1 aromatic carbocycles. The minimum atomic E-state index is -0.302. The molecule has 0 spiro atoms. The smallest absolute Gasteiger partial charge is 0.305 e. The van der Waals surface area contributed by atoms with E-state index in [1.807, 2.05) is 11.8 Å². The highest BCUT2D eigenvalue weighted by atomic mass is 32.1. The van der Waals surface area contributed by atoms with Crippen LogP contribution in [-0.2, 0) is 6.54 Å². The second kappa shape index (κ2) is 6.78. The largest absolute Gasteiger partial charge is 0.395 e. The van der Waals surface area contributed by atoms with Crippen molar-refractivity contribution in [1.82, 2.24) is 9.88 Å². The predicted molar refractivity (Wildman–Crippen MR) is 78.4 cm³/mol. The Morgan fingerprint density at radius 2 is 2.05 bits per heavy atom. The molecule has 0 bridgehead atoms. The third kappa shape index (κ3) is 3.53. The van der Waals surface area contributed by atoms with Gasteiger partial charge in [-0.1, -0.05) is 18.3 Å². The van der Waals surface area contributed by atoms with Gasteiger partial charge < -0.3 is 10.1 Å². The van der Waals surface area contributed by atoms with Crippen molar-refractivity contribution in [3.05, 3.63) is 44.6 Å². The van der Waals surface area contributed by atoms with Gasteiger partial charge in [0.1, 0.15) is 5.82 Å². The van der Waals surface area contributed by atoms with Crippen LogP contribution in [0, 0.1) is 5.82 Å². The first-order valence-corrected chi connectivity index (χ1v) is 7.26. The van der Waals surface area contributed by atoms with Gasteiger partial charge in [0.05, 0.1) is 12.3 Å². The lowest BCUT2D eigenvalue weighted by Gasteiger charge is -2.18. The Hall–Kier alpha value is -1.50. The van der Waals surface area contributed by atoms with Crippen molar-refractivity contribution in [3.8, 4) is 11.3 Å². The Morgan fingerprint density at radius 3 is 2.65 bits per heavy atom. The van der Waals surface area contributed by atoms with Gasteiger partial charge in [0.25, 0.3) is 0 Å². The van der Waals surface area contributed by atoms with Gasteiger partial charge in [-0.2, -0.15) is 0 Å². The Bertz CT molecular complexity index is 606. The summed E-state index contributed by atoms with van der Waals surface area (Å²) in [7, 11) is 0. The summed E-state index contributed by atoms with van der Waals surface area (Å²) in [4.78, 5) is 17.2. The van der Waals surface area contributed by atoms with Gasteiger partial charge in [0.2, 0.25) is 0 Å². The first-order valence-electron chi connectivity index (χ1n) is 6.45. The molecule has 1 aromatic heterocycles. The van der Waals surface area contributed by atoms with E-state index in [4.69, 9.17) is 5.11 Å². The fourth-order valence-electron chi connectivity index (χ4n) is 2.01. The first kappa shape index (κ1) is 14.9. The minimum Gasteiger partial charge on any atom is -0.395 e. The third-order valence-corrected chi connectivity index (χ3v) is 3.95. The monoisotopic (exact) mass is 296 g/mol. The number of hydrogen-bond acceptors (Lipinski definition) is 4. The van der Waals surface area contributed by atoms with Gasteiger partial charge in [0.15, 0.2) is 0 Å². The zero-order valence-electron chi connectivity index (χ0n) is 11.2. The molecule has 2 rings (SSSR count). The maximum absolute atomic E-state index is 13.0. The van der Waals surface area contributed by atoms with Crippen LogP contribution >= 0.6 is 11.3 Å². The number of nitrogens with zero attached hydrogens (tertiary/aromatic N) is 1. The lowest BCUT2D eigenvalue weighted by atomic mass is 10.1. The molecule has 0 fully saturated rings. The highest BCUT2D eigenvalue weighted by Crippen LogP contribution is 2.24. The van der Waals surface area contributed by atoms with Crippen LogP contribution in [0.3, 0.4) is 0 Å². The Kier molecular flexibility index (Phi) is 5.05. The van der Waals surface area contributed by atoms with Crippen molar-refractivity contribution in [2.24, 2.45) is 0 Å². The molecule has 2 aromatic rings. The number of aliphatic hydroxyl groups excluding tert-OH is 1. The molecule has 0 unspecified atom stereocenters. The van der Waals surface area contributed by atoms with Gasteiger partial charge in [-0.25, -0.2) is 4.39 Å². The first-order chi connectivity index (χ1) is 9.63. The van der Waals surface area contributed by atoms with Crippen molar-refractivity contribution in [3.63, 3.8) is 0 Å². The lowest BCUT2D eigenvalue weighted by Crippen LogP contribution is -2.25. The SMILES string of the molecule is CCN(CCO)Cc1sc(=O)[nH]c1-c1ccc(F)cc1. The molecule has 20 heavy (non-hydrogen) atoms. The number of aromatic amines is 1. The molecule has 1 heterocycles. The number of thiazole rings is 1. The van der Waals surface area contributed by atoms with Crippen LogP contribution in [-0.4, -0.2) is 34.7 Å². The van der Waals surface area contributed by atoms with Crippen LogP contribution in [0.2, 0.25) is 0 Å². The number of nitrogens with one attached hydrogen (secondary N) is 1. The second-order valence-electron chi connectivity index (χ2n) is 4.41. The van der Waals surface area contributed by atoms with E-state index in [-0.39, 0.29) is 17.3 Å². The van der Waals surface area contributed by atoms with E-state index in [2.05, 4.69) is 4.98 Å². The van der Waals surface area contributed by atoms with E-state index in [1.54, 1.807) is 12.1 Å². The van der Waals surface area contributed by atoms with Crippen LogP contribution in [0.15, 0.2) is 29.1 Å². The summed E-state index contributed by atoms with van der Waals surface area (Å²) >= 11 is 1.15.